The van der Waals surface area contributed by atoms with E-state index in [1.807, 2.05) is 6.92 Å². The van der Waals surface area contributed by atoms with Gasteiger partial charge in [0.1, 0.15) is 0 Å². The molecule has 1 aromatic rings. The summed E-state index contributed by atoms with van der Waals surface area (Å²) < 4.78 is 0. The van der Waals surface area contributed by atoms with E-state index in [9.17, 15) is 4.79 Å². The smallest absolute Gasteiger partial charge is 0.335 e. The van der Waals surface area contributed by atoms with Gasteiger partial charge in [-0.1, -0.05) is 0 Å². The number of hydrogen-bond donors (Lipinski definition) is 2. The van der Waals surface area contributed by atoms with E-state index in [0.717, 1.165) is 5.69 Å². The lowest BCUT2D eigenvalue weighted by atomic mass is 10.2. The first-order chi connectivity index (χ1) is 6.15. The van der Waals surface area contributed by atoms with Gasteiger partial charge < -0.3 is 10.1 Å². The van der Waals surface area contributed by atoms with E-state index in [1.165, 1.54) is 12.1 Å². The highest BCUT2D eigenvalue weighted by Gasteiger charge is 2.03. The van der Waals surface area contributed by atoms with Crippen molar-refractivity contribution in [3.8, 4) is 0 Å². The number of nitrogens with zero attached hydrogens (tertiary/aromatic N) is 1. The first-order valence-electron chi connectivity index (χ1n) is 4.00. The average molecular weight is 180 g/mol. The van der Waals surface area contributed by atoms with Crippen molar-refractivity contribution in [1.29, 1.82) is 0 Å². The Morgan fingerprint density at radius 2 is 2.00 bits per heavy atom. The topological polar surface area (TPSA) is 66.6 Å². The predicted octanol–water partition coefficient (Wildman–Crippen LogP) is 1.08. The van der Waals surface area contributed by atoms with Crippen LogP contribution in [0.25, 0.3) is 0 Å². The fraction of sp³-hybridized carbons (Fsp3) is 0.222. The fourth-order valence-corrected chi connectivity index (χ4v) is 0.978. The fourth-order valence-electron chi connectivity index (χ4n) is 0.978. The zero-order chi connectivity index (χ0) is 9.84. The number of anilines is 1. The maximum Gasteiger partial charge on any atom is 0.335 e. The molecule has 0 bridgehead atoms. The lowest BCUT2D eigenvalue weighted by molar-refractivity contribution is 0.0697. The van der Waals surface area contributed by atoms with Gasteiger partial charge in [0.2, 0.25) is 0 Å². The highest BCUT2D eigenvalue weighted by atomic mass is 16.4. The molecule has 3 N–H and O–H groups in total. The quantitative estimate of drug-likeness (QED) is 0.539. The van der Waals surface area contributed by atoms with Crippen LogP contribution in [0.1, 0.15) is 17.3 Å². The molecule has 1 rings (SSSR count). The van der Waals surface area contributed by atoms with Crippen molar-refractivity contribution in [2.24, 2.45) is 5.84 Å². The van der Waals surface area contributed by atoms with E-state index >= 15 is 0 Å². The van der Waals surface area contributed by atoms with E-state index in [1.54, 1.807) is 17.1 Å². The molecule has 0 amide bonds. The molecule has 0 saturated carbocycles. The Bertz CT molecular complexity index is 295. The molecule has 0 aliphatic carbocycles. The number of carboxylic acid groups (broad SMARTS) is 1. The molecule has 4 heteroatoms. The third-order valence-electron chi connectivity index (χ3n) is 1.79. The van der Waals surface area contributed by atoms with E-state index in [4.69, 9.17) is 10.9 Å². The van der Waals surface area contributed by atoms with Crippen LogP contribution in [0.15, 0.2) is 24.3 Å². The molecule has 1 aromatic carbocycles. The standard InChI is InChI=1S/C9H12N2O2/c1-2-11(10)8-5-3-7(4-6-8)9(12)13/h3-6H,2,10H2,1H3,(H,12,13). The Morgan fingerprint density at radius 1 is 1.46 bits per heavy atom. The van der Waals surface area contributed by atoms with Crippen LogP contribution in [0, 0.1) is 0 Å². The van der Waals surface area contributed by atoms with Crippen molar-refractivity contribution in [2.75, 3.05) is 11.6 Å². The summed E-state index contributed by atoms with van der Waals surface area (Å²) in [4.78, 5) is 10.5. The maximum absolute atomic E-state index is 10.5. The minimum absolute atomic E-state index is 0.272. The van der Waals surface area contributed by atoms with E-state index < -0.39 is 5.97 Å². The highest BCUT2D eigenvalue weighted by Crippen LogP contribution is 2.11. The number of rotatable bonds is 3. The van der Waals surface area contributed by atoms with Crippen LogP contribution in [0.5, 0.6) is 0 Å². The normalized spacial score (nSPS) is 9.69. The number of hydrogen-bond acceptors (Lipinski definition) is 3. The summed E-state index contributed by atoms with van der Waals surface area (Å²) in [6.07, 6.45) is 0. The largest absolute Gasteiger partial charge is 0.478 e. The van der Waals surface area contributed by atoms with Gasteiger partial charge in [0.15, 0.2) is 0 Å². The second kappa shape index (κ2) is 3.91. The molecule has 0 atom stereocenters. The molecule has 0 aliphatic heterocycles. The summed E-state index contributed by atoms with van der Waals surface area (Å²) in [5.41, 5.74) is 1.08. The maximum atomic E-state index is 10.5. The van der Waals surface area contributed by atoms with E-state index in [0.29, 0.717) is 6.54 Å². The zero-order valence-corrected chi connectivity index (χ0v) is 7.40. The summed E-state index contributed by atoms with van der Waals surface area (Å²) in [5, 5.41) is 10.2. The van der Waals surface area contributed by atoms with Crippen molar-refractivity contribution in [3.63, 3.8) is 0 Å². The summed E-state index contributed by atoms with van der Waals surface area (Å²) in [6, 6.07) is 6.44. The van der Waals surface area contributed by atoms with E-state index in [2.05, 4.69) is 0 Å². The number of hydrazine groups is 1. The second-order valence-electron chi connectivity index (χ2n) is 2.64. The van der Waals surface area contributed by atoms with Crippen LogP contribution in [0.2, 0.25) is 0 Å². The van der Waals surface area contributed by atoms with Gasteiger partial charge in [0.25, 0.3) is 0 Å². The molecular formula is C9H12N2O2. The highest BCUT2D eigenvalue weighted by molar-refractivity contribution is 5.88. The van der Waals surface area contributed by atoms with Gasteiger partial charge >= 0.3 is 5.97 Å². The van der Waals surface area contributed by atoms with Gasteiger partial charge in [-0.15, -0.1) is 0 Å². The second-order valence-corrected chi connectivity index (χ2v) is 2.64. The van der Waals surface area contributed by atoms with Crippen LogP contribution in [-0.2, 0) is 0 Å². The summed E-state index contributed by atoms with van der Waals surface area (Å²) in [7, 11) is 0. The Hall–Kier alpha value is -1.55. The van der Waals surface area contributed by atoms with Crippen LogP contribution in [0.4, 0.5) is 5.69 Å². The SMILES string of the molecule is CCN(N)c1ccc(C(=O)O)cc1. The van der Waals surface area contributed by atoms with Gasteiger partial charge in [-0.3, -0.25) is 0 Å². The minimum atomic E-state index is -0.924. The number of benzene rings is 1. The number of aromatic carboxylic acids is 1. The van der Waals surface area contributed by atoms with Crippen molar-refractivity contribution in [1.82, 2.24) is 0 Å². The van der Waals surface area contributed by atoms with Gasteiger partial charge in [-0.2, -0.15) is 0 Å². The minimum Gasteiger partial charge on any atom is -0.478 e. The Kier molecular flexibility index (Phi) is 2.87. The molecule has 0 radical (unpaired) electrons. The van der Waals surface area contributed by atoms with Crippen molar-refractivity contribution in [2.45, 2.75) is 6.92 Å². The third kappa shape index (κ3) is 2.19. The predicted molar refractivity (Wildman–Crippen MR) is 50.6 cm³/mol. The van der Waals surface area contributed by atoms with Gasteiger partial charge in [0, 0.05) is 6.54 Å². The molecule has 0 aromatic heterocycles. The first kappa shape index (κ1) is 9.54. The van der Waals surface area contributed by atoms with Crippen molar-refractivity contribution in [3.05, 3.63) is 29.8 Å². The first-order valence-corrected chi connectivity index (χ1v) is 4.00. The van der Waals surface area contributed by atoms with Crippen molar-refractivity contribution < 1.29 is 9.90 Å². The Labute approximate surface area is 76.6 Å². The summed E-state index contributed by atoms with van der Waals surface area (Å²) in [5.74, 6) is 4.68. The molecular weight excluding hydrogens is 168 g/mol. The number of carbonyl (C=O) groups is 1. The van der Waals surface area contributed by atoms with Crippen LogP contribution in [0.3, 0.4) is 0 Å². The van der Waals surface area contributed by atoms with Gasteiger partial charge in [0.05, 0.1) is 11.3 Å². The average Bonchev–Trinajstić information content (AvgIpc) is 2.17. The van der Waals surface area contributed by atoms with Crippen LogP contribution in [-0.4, -0.2) is 17.6 Å². The molecule has 13 heavy (non-hydrogen) atoms. The Balaban J connectivity index is 2.87. The monoisotopic (exact) mass is 180 g/mol. The summed E-state index contributed by atoms with van der Waals surface area (Å²) >= 11 is 0. The molecule has 0 heterocycles. The lowest BCUT2D eigenvalue weighted by Crippen LogP contribution is -2.30. The van der Waals surface area contributed by atoms with Crippen molar-refractivity contribution >= 4 is 11.7 Å². The van der Waals surface area contributed by atoms with Crippen LogP contribution >= 0.6 is 0 Å². The zero-order valence-electron chi connectivity index (χ0n) is 7.40. The van der Waals surface area contributed by atoms with E-state index in [-0.39, 0.29) is 5.56 Å². The molecule has 0 aliphatic rings. The third-order valence-corrected chi connectivity index (χ3v) is 1.79. The summed E-state index contributed by atoms with van der Waals surface area (Å²) in [6.45, 7) is 2.61. The number of nitrogens with two attached hydrogens (primary N) is 1. The van der Waals surface area contributed by atoms with Crippen LogP contribution < -0.4 is 10.9 Å². The van der Waals surface area contributed by atoms with Gasteiger partial charge in [-0.05, 0) is 31.2 Å². The molecule has 4 nitrogen and oxygen atoms in total. The molecule has 0 saturated heterocycles. The lowest BCUT2D eigenvalue weighted by Gasteiger charge is -2.15. The molecule has 0 spiro atoms. The molecule has 0 unspecified atom stereocenters. The number of carboxylic acids is 1. The van der Waals surface area contributed by atoms with Gasteiger partial charge in [-0.25, -0.2) is 10.6 Å². The molecule has 70 valence electrons. The Morgan fingerprint density at radius 3 is 2.38 bits per heavy atom. The molecule has 0 fully saturated rings.